The first-order valence-electron chi connectivity index (χ1n) is 10.6. The summed E-state index contributed by atoms with van der Waals surface area (Å²) in [6, 6.07) is 6.89. The molecule has 166 valence electrons. The van der Waals surface area contributed by atoms with Crippen LogP contribution in [0.15, 0.2) is 29.2 Å². The second-order valence-electron chi connectivity index (χ2n) is 7.96. The molecule has 2 heterocycles. The molecule has 2 aliphatic rings. The maximum Gasteiger partial charge on any atom is 0.409 e. The van der Waals surface area contributed by atoms with Crippen LogP contribution >= 0.6 is 0 Å². The normalized spacial score (nSPS) is 19.5. The Morgan fingerprint density at radius 3 is 2.20 bits per heavy atom. The van der Waals surface area contributed by atoms with Crippen LogP contribution in [0.2, 0.25) is 0 Å². The van der Waals surface area contributed by atoms with E-state index in [0.717, 1.165) is 5.56 Å². The SMILES string of the molecule is CCOC(=O)N1CCC(NC(=O)C2CCN(S(=O)(=O)c3ccc(C)cc3)CC2)CC1. The highest BCUT2D eigenvalue weighted by Gasteiger charge is 2.33. The lowest BCUT2D eigenvalue weighted by atomic mass is 9.96. The van der Waals surface area contributed by atoms with Crippen molar-refractivity contribution in [3.8, 4) is 0 Å². The van der Waals surface area contributed by atoms with Gasteiger partial charge >= 0.3 is 6.09 Å². The summed E-state index contributed by atoms with van der Waals surface area (Å²) in [5.74, 6) is -0.200. The summed E-state index contributed by atoms with van der Waals surface area (Å²) < 4.78 is 32.1. The van der Waals surface area contributed by atoms with Crippen LogP contribution in [-0.4, -0.2) is 68.5 Å². The summed E-state index contributed by atoms with van der Waals surface area (Å²) in [7, 11) is -3.52. The topological polar surface area (TPSA) is 96.0 Å². The van der Waals surface area contributed by atoms with E-state index in [-0.39, 0.29) is 24.0 Å². The van der Waals surface area contributed by atoms with Crippen LogP contribution in [0.3, 0.4) is 0 Å². The quantitative estimate of drug-likeness (QED) is 0.761. The Hall–Kier alpha value is -2.13. The minimum atomic E-state index is -3.52. The Morgan fingerprint density at radius 2 is 1.63 bits per heavy atom. The van der Waals surface area contributed by atoms with Gasteiger partial charge in [0.25, 0.3) is 0 Å². The standard InChI is InChI=1S/C21H31N3O5S/c1-3-29-21(26)23-12-10-18(11-13-23)22-20(25)17-8-14-24(15-9-17)30(27,28)19-6-4-16(2)5-7-19/h4-7,17-18H,3,8-15H2,1-2H3,(H,22,25). The summed E-state index contributed by atoms with van der Waals surface area (Å²) in [6.45, 7) is 5.87. The maximum absolute atomic E-state index is 12.8. The monoisotopic (exact) mass is 437 g/mol. The Kier molecular flexibility index (Phi) is 7.36. The summed E-state index contributed by atoms with van der Waals surface area (Å²) in [4.78, 5) is 26.4. The highest BCUT2D eigenvalue weighted by atomic mass is 32.2. The zero-order valence-corrected chi connectivity index (χ0v) is 18.5. The first kappa shape index (κ1) is 22.6. The molecule has 0 atom stereocenters. The number of benzene rings is 1. The fourth-order valence-corrected chi connectivity index (χ4v) is 5.43. The van der Waals surface area contributed by atoms with E-state index >= 15 is 0 Å². The minimum absolute atomic E-state index is 0.0167. The number of carbonyl (C=O) groups excluding carboxylic acids is 2. The predicted molar refractivity (Wildman–Crippen MR) is 112 cm³/mol. The number of likely N-dealkylation sites (tertiary alicyclic amines) is 1. The third kappa shape index (κ3) is 5.31. The Bertz CT molecular complexity index is 840. The number of nitrogens with zero attached hydrogens (tertiary/aromatic N) is 2. The van der Waals surface area contributed by atoms with E-state index < -0.39 is 10.0 Å². The van der Waals surface area contributed by atoms with Gasteiger partial charge in [-0.2, -0.15) is 4.31 Å². The van der Waals surface area contributed by atoms with E-state index in [4.69, 9.17) is 4.74 Å². The van der Waals surface area contributed by atoms with Crippen molar-refractivity contribution in [2.75, 3.05) is 32.8 Å². The van der Waals surface area contributed by atoms with Gasteiger partial charge in [0.1, 0.15) is 0 Å². The first-order valence-corrected chi connectivity index (χ1v) is 12.0. The van der Waals surface area contributed by atoms with E-state index in [2.05, 4.69) is 5.32 Å². The van der Waals surface area contributed by atoms with Gasteiger partial charge in [-0.3, -0.25) is 4.79 Å². The van der Waals surface area contributed by atoms with Crippen LogP contribution in [0, 0.1) is 12.8 Å². The maximum atomic E-state index is 12.8. The van der Waals surface area contributed by atoms with E-state index in [9.17, 15) is 18.0 Å². The molecule has 9 heteroatoms. The minimum Gasteiger partial charge on any atom is -0.450 e. The molecule has 0 bridgehead atoms. The molecule has 1 N–H and O–H groups in total. The smallest absolute Gasteiger partial charge is 0.409 e. The number of rotatable bonds is 5. The summed E-state index contributed by atoms with van der Waals surface area (Å²) in [5, 5.41) is 3.09. The second kappa shape index (κ2) is 9.78. The van der Waals surface area contributed by atoms with Crippen LogP contribution in [0.25, 0.3) is 0 Å². The van der Waals surface area contributed by atoms with Crippen LogP contribution in [0.4, 0.5) is 4.79 Å². The van der Waals surface area contributed by atoms with Crippen LogP contribution < -0.4 is 5.32 Å². The van der Waals surface area contributed by atoms with Gasteiger partial charge in [-0.05, 0) is 51.7 Å². The summed E-state index contributed by atoms with van der Waals surface area (Å²) in [6.07, 6.45) is 2.12. The second-order valence-corrected chi connectivity index (χ2v) is 9.90. The van der Waals surface area contributed by atoms with Crippen molar-refractivity contribution in [1.82, 2.24) is 14.5 Å². The van der Waals surface area contributed by atoms with Crippen molar-refractivity contribution >= 4 is 22.0 Å². The average molecular weight is 438 g/mol. The number of amides is 2. The number of piperidine rings is 2. The number of aryl methyl sites for hydroxylation is 1. The largest absolute Gasteiger partial charge is 0.450 e. The zero-order chi connectivity index (χ0) is 21.7. The number of sulfonamides is 1. The van der Waals surface area contributed by atoms with Crippen molar-refractivity contribution in [1.29, 1.82) is 0 Å². The highest BCUT2D eigenvalue weighted by Crippen LogP contribution is 2.24. The van der Waals surface area contributed by atoms with Gasteiger partial charge in [-0.15, -0.1) is 0 Å². The predicted octanol–water partition coefficient (Wildman–Crippen LogP) is 2.13. The average Bonchev–Trinajstić information content (AvgIpc) is 2.75. The summed E-state index contributed by atoms with van der Waals surface area (Å²) >= 11 is 0. The molecule has 3 rings (SSSR count). The lowest BCUT2D eigenvalue weighted by molar-refractivity contribution is -0.127. The Balaban J connectivity index is 1.46. The molecule has 0 aliphatic carbocycles. The molecule has 2 amide bonds. The van der Waals surface area contributed by atoms with Gasteiger partial charge in [0.05, 0.1) is 11.5 Å². The third-order valence-electron chi connectivity index (χ3n) is 5.85. The van der Waals surface area contributed by atoms with E-state index in [1.165, 1.54) is 4.31 Å². The van der Waals surface area contributed by atoms with Crippen molar-refractivity contribution in [2.24, 2.45) is 5.92 Å². The summed E-state index contributed by atoms with van der Waals surface area (Å²) in [5.41, 5.74) is 1.01. The fourth-order valence-electron chi connectivity index (χ4n) is 3.96. The molecule has 30 heavy (non-hydrogen) atoms. The fraction of sp³-hybridized carbons (Fsp3) is 0.619. The molecule has 1 aromatic carbocycles. The highest BCUT2D eigenvalue weighted by molar-refractivity contribution is 7.89. The van der Waals surface area contributed by atoms with Gasteiger partial charge in [0.15, 0.2) is 0 Å². The van der Waals surface area contributed by atoms with Gasteiger partial charge in [0.2, 0.25) is 15.9 Å². The van der Waals surface area contributed by atoms with Crippen molar-refractivity contribution in [3.63, 3.8) is 0 Å². The molecule has 0 aromatic heterocycles. The van der Waals surface area contributed by atoms with E-state index in [1.54, 1.807) is 36.1 Å². The zero-order valence-electron chi connectivity index (χ0n) is 17.7. The lowest BCUT2D eigenvalue weighted by Crippen LogP contribution is -2.49. The number of carbonyl (C=O) groups is 2. The molecule has 8 nitrogen and oxygen atoms in total. The van der Waals surface area contributed by atoms with Crippen LogP contribution in [0.5, 0.6) is 0 Å². The lowest BCUT2D eigenvalue weighted by Gasteiger charge is -2.34. The van der Waals surface area contributed by atoms with Crippen molar-refractivity contribution < 1.29 is 22.7 Å². The van der Waals surface area contributed by atoms with Crippen LogP contribution in [0.1, 0.15) is 38.2 Å². The Morgan fingerprint density at radius 1 is 1.03 bits per heavy atom. The van der Waals surface area contributed by atoms with Crippen LogP contribution in [-0.2, 0) is 19.6 Å². The van der Waals surface area contributed by atoms with Gasteiger partial charge in [-0.25, -0.2) is 13.2 Å². The molecule has 0 saturated carbocycles. The van der Waals surface area contributed by atoms with Crippen molar-refractivity contribution in [2.45, 2.75) is 50.5 Å². The number of hydrogen-bond acceptors (Lipinski definition) is 5. The number of ether oxygens (including phenoxy) is 1. The molecule has 2 saturated heterocycles. The Labute approximate surface area is 178 Å². The van der Waals surface area contributed by atoms with Gasteiger partial charge in [0, 0.05) is 38.1 Å². The molecule has 2 fully saturated rings. The van der Waals surface area contributed by atoms with E-state index in [0.29, 0.717) is 63.4 Å². The number of hydrogen-bond donors (Lipinski definition) is 1. The molecule has 2 aliphatic heterocycles. The molecule has 1 aromatic rings. The first-order chi connectivity index (χ1) is 14.3. The molecule has 0 spiro atoms. The number of nitrogens with one attached hydrogen (secondary N) is 1. The van der Waals surface area contributed by atoms with Gasteiger partial charge in [-0.1, -0.05) is 17.7 Å². The molecule has 0 radical (unpaired) electrons. The third-order valence-corrected chi connectivity index (χ3v) is 7.76. The molecular formula is C21H31N3O5S. The van der Waals surface area contributed by atoms with E-state index in [1.807, 2.05) is 6.92 Å². The van der Waals surface area contributed by atoms with Gasteiger partial charge < -0.3 is 15.0 Å². The molecular weight excluding hydrogens is 406 g/mol. The van der Waals surface area contributed by atoms with Crippen molar-refractivity contribution in [3.05, 3.63) is 29.8 Å². The molecule has 0 unspecified atom stereocenters.